The van der Waals surface area contributed by atoms with Crippen LogP contribution in [0.4, 0.5) is 13.2 Å². The van der Waals surface area contributed by atoms with Gasteiger partial charge >= 0.3 is 6.18 Å². The standard InChI is InChI=1S/C25H17Cl2F3N2O2/c26-21-7-4-8-22(27)24(21)23(33)13-17-11-12-32(31-17)15-16-9-10-19(14-20(16)25(28,29)30)34-18-5-2-1-3-6-18/h1-12,14H,13,15H2. The fourth-order valence-corrected chi connectivity index (χ4v) is 4.03. The van der Waals surface area contributed by atoms with Crippen molar-refractivity contribution >= 4 is 29.0 Å². The maximum absolute atomic E-state index is 13.8. The van der Waals surface area contributed by atoms with Gasteiger partial charge in [-0.2, -0.15) is 18.3 Å². The highest BCUT2D eigenvalue weighted by Gasteiger charge is 2.34. The fraction of sp³-hybridized carbons (Fsp3) is 0.120. The van der Waals surface area contributed by atoms with E-state index in [1.165, 1.54) is 23.0 Å². The fourth-order valence-electron chi connectivity index (χ4n) is 3.42. The van der Waals surface area contributed by atoms with E-state index in [2.05, 4.69) is 5.10 Å². The number of hydrogen-bond donors (Lipinski definition) is 0. The van der Waals surface area contributed by atoms with Crippen LogP contribution in [0.1, 0.15) is 27.2 Å². The first-order valence-electron chi connectivity index (χ1n) is 10.1. The summed E-state index contributed by atoms with van der Waals surface area (Å²) in [5.74, 6) is 0.174. The molecule has 3 aromatic carbocycles. The zero-order chi connectivity index (χ0) is 24.3. The minimum atomic E-state index is -4.59. The number of ketones is 1. The monoisotopic (exact) mass is 504 g/mol. The number of aromatic nitrogens is 2. The Morgan fingerprint density at radius 2 is 1.62 bits per heavy atom. The molecular weight excluding hydrogens is 488 g/mol. The van der Waals surface area contributed by atoms with Gasteiger partial charge in [0.25, 0.3) is 0 Å². The van der Waals surface area contributed by atoms with E-state index in [-0.39, 0.29) is 45.7 Å². The molecule has 9 heteroatoms. The Hall–Kier alpha value is -3.29. The lowest BCUT2D eigenvalue weighted by Crippen LogP contribution is -2.13. The normalized spacial score (nSPS) is 11.4. The Morgan fingerprint density at radius 3 is 2.29 bits per heavy atom. The molecule has 1 aromatic heterocycles. The van der Waals surface area contributed by atoms with Crippen molar-refractivity contribution in [3.05, 3.63) is 111 Å². The van der Waals surface area contributed by atoms with Crippen molar-refractivity contribution < 1.29 is 22.7 Å². The molecule has 1 heterocycles. The Balaban J connectivity index is 1.53. The van der Waals surface area contributed by atoms with Crippen LogP contribution in [0.3, 0.4) is 0 Å². The first-order chi connectivity index (χ1) is 16.2. The molecule has 0 spiro atoms. The first-order valence-corrected chi connectivity index (χ1v) is 10.9. The predicted molar refractivity (Wildman–Crippen MR) is 124 cm³/mol. The zero-order valence-corrected chi connectivity index (χ0v) is 19.0. The van der Waals surface area contributed by atoms with Gasteiger partial charge in [-0.1, -0.05) is 53.5 Å². The average molecular weight is 505 g/mol. The molecule has 0 aliphatic carbocycles. The van der Waals surface area contributed by atoms with Crippen molar-refractivity contribution in [3.63, 3.8) is 0 Å². The summed E-state index contributed by atoms with van der Waals surface area (Å²) in [6.45, 7) is -0.137. The molecule has 0 saturated heterocycles. The van der Waals surface area contributed by atoms with Crippen LogP contribution in [0, 0.1) is 0 Å². The van der Waals surface area contributed by atoms with Crippen molar-refractivity contribution in [2.75, 3.05) is 0 Å². The van der Waals surface area contributed by atoms with E-state index >= 15 is 0 Å². The summed E-state index contributed by atoms with van der Waals surface area (Å²) in [6, 6.07) is 18.7. The molecule has 0 N–H and O–H groups in total. The Labute approximate surface area is 203 Å². The van der Waals surface area contributed by atoms with Crippen LogP contribution in [0.15, 0.2) is 79.0 Å². The number of carbonyl (C=O) groups excluding carboxylic acids is 1. The minimum Gasteiger partial charge on any atom is -0.457 e. The van der Waals surface area contributed by atoms with Crippen molar-refractivity contribution in [3.8, 4) is 11.5 Å². The minimum absolute atomic E-state index is 0.0167. The molecule has 0 saturated carbocycles. The van der Waals surface area contributed by atoms with Gasteiger partial charge in [-0.3, -0.25) is 9.48 Å². The van der Waals surface area contributed by atoms with E-state index in [4.69, 9.17) is 27.9 Å². The molecule has 0 aliphatic heterocycles. The first kappa shape index (κ1) is 23.9. The number of nitrogens with zero attached hydrogens (tertiary/aromatic N) is 2. The summed E-state index contributed by atoms with van der Waals surface area (Å²) >= 11 is 12.2. The van der Waals surface area contributed by atoms with Crippen molar-refractivity contribution in [2.45, 2.75) is 19.1 Å². The van der Waals surface area contributed by atoms with E-state index in [1.807, 2.05) is 0 Å². The highest BCUT2D eigenvalue weighted by Crippen LogP contribution is 2.36. The maximum Gasteiger partial charge on any atom is 0.416 e. The largest absolute Gasteiger partial charge is 0.457 e. The molecular formula is C25H17Cl2F3N2O2. The number of Topliss-reactive ketones (excluding diaryl/α,β-unsaturated/α-hetero) is 1. The maximum atomic E-state index is 13.8. The van der Waals surface area contributed by atoms with Gasteiger partial charge in [-0.05, 0) is 48.0 Å². The van der Waals surface area contributed by atoms with Crippen molar-refractivity contribution in [1.29, 1.82) is 0 Å². The zero-order valence-electron chi connectivity index (χ0n) is 17.5. The molecule has 0 unspecified atom stereocenters. The van der Waals surface area contributed by atoms with Crippen LogP contribution in [0.2, 0.25) is 10.0 Å². The number of rotatable bonds is 7. The third-order valence-electron chi connectivity index (χ3n) is 4.98. The highest BCUT2D eigenvalue weighted by molar-refractivity contribution is 6.39. The summed E-state index contributed by atoms with van der Waals surface area (Å²) < 4.78 is 48.2. The summed E-state index contributed by atoms with van der Waals surface area (Å²) in [5.41, 5.74) is -0.229. The molecule has 34 heavy (non-hydrogen) atoms. The number of halogens is 5. The van der Waals surface area contributed by atoms with E-state index in [9.17, 15) is 18.0 Å². The molecule has 4 aromatic rings. The quantitative estimate of drug-likeness (QED) is 0.245. The number of carbonyl (C=O) groups is 1. The Morgan fingerprint density at radius 1 is 0.912 bits per heavy atom. The van der Waals surface area contributed by atoms with Crippen LogP contribution < -0.4 is 4.74 Å². The average Bonchev–Trinajstić information content (AvgIpc) is 3.21. The Kier molecular flexibility index (Phi) is 6.95. The van der Waals surface area contributed by atoms with Crippen molar-refractivity contribution in [2.24, 2.45) is 0 Å². The van der Waals surface area contributed by atoms with Gasteiger partial charge < -0.3 is 4.74 Å². The Bertz CT molecular complexity index is 1300. The smallest absolute Gasteiger partial charge is 0.416 e. The van der Waals surface area contributed by atoms with Crippen LogP contribution >= 0.6 is 23.2 Å². The predicted octanol–water partition coefficient (Wildman–Crippen LogP) is 7.47. The van der Waals surface area contributed by atoms with Gasteiger partial charge in [0.1, 0.15) is 11.5 Å². The van der Waals surface area contributed by atoms with Crippen LogP contribution in [-0.4, -0.2) is 15.6 Å². The van der Waals surface area contributed by atoms with E-state index in [1.54, 1.807) is 54.6 Å². The molecule has 0 amide bonds. The van der Waals surface area contributed by atoms with Crippen LogP contribution in [0.5, 0.6) is 11.5 Å². The summed E-state index contributed by atoms with van der Waals surface area (Å²) in [6.07, 6.45) is -3.16. The third kappa shape index (κ3) is 5.61. The second kappa shape index (κ2) is 9.91. The summed E-state index contributed by atoms with van der Waals surface area (Å²) in [7, 11) is 0. The van der Waals surface area contributed by atoms with Crippen LogP contribution in [-0.2, 0) is 19.1 Å². The van der Waals surface area contributed by atoms with Crippen molar-refractivity contribution in [1.82, 2.24) is 9.78 Å². The van der Waals surface area contributed by atoms with Gasteiger partial charge in [0.15, 0.2) is 5.78 Å². The molecule has 0 bridgehead atoms. The lowest BCUT2D eigenvalue weighted by molar-refractivity contribution is -0.138. The van der Waals surface area contributed by atoms with Gasteiger partial charge in [0, 0.05) is 6.20 Å². The molecule has 0 fully saturated rings. The van der Waals surface area contributed by atoms with E-state index in [0.29, 0.717) is 11.4 Å². The van der Waals surface area contributed by atoms with E-state index < -0.39 is 11.7 Å². The number of ether oxygens (including phenoxy) is 1. The van der Waals surface area contributed by atoms with Gasteiger partial charge in [0.2, 0.25) is 0 Å². The third-order valence-corrected chi connectivity index (χ3v) is 5.61. The second-order valence-corrected chi connectivity index (χ2v) is 8.25. The summed E-state index contributed by atoms with van der Waals surface area (Å²) in [5, 5.41) is 4.71. The molecule has 174 valence electrons. The van der Waals surface area contributed by atoms with Gasteiger partial charge in [-0.25, -0.2) is 0 Å². The highest BCUT2D eigenvalue weighted by atomic mass is 35.5. The number of benzene rings is 3. The second-order valence-electron chi connectivity index (χ2n) is 7.43. The molecule has 4 nitrogen and oxygen atoms in total. The molecule has 0 radical (unpaired) electrons. The number of alkyl halides is 3. The topological polar surface area (TPSA) is 44.1 Å². The summed E-state index contributed by atoms with van der Waals surface area (Å²) in [4.78, 5) is 12.6. The van der Waals surface area contributed by atoms with Gasteiger partial charge in [-0.15, -0.1) is 0 Å². The van der Waals surface area contributed by atoms with Crippen LogP contribution in [0.25, 0.3) is 0 Å². The van der Waals surface area contributed by atoms with E-state index in [0.717, 1.165) is 6.07 Å². The van der Waals surface area contributed by atoms with Gasteiger partial charge in [0.05, 0.1) is 39.8 Å². The SMILES string of the molecule is O=C(Cc1ccn(Cc2ccc(Oc3ccccc3)cc2C(F)(F)F)n1)c1c(Cl)cccc1Cl. The lowest BCUT2D eigenvalue weighted by atomic mass is 10.1. The number of para-hydroxylation sites is 1. The lowest BCUT2D eigenvalue weighted by Gasteiger charge is -2.15. The molecule has 4 rings (SSSR count). The molecule has 0 aliphatic rings. The molecule has 0 atom stereocenters. The number of hydrogen-bond acceptors (Lipinski definition) is 3.